The zero-order chi connectivity index (χ0) is 16.4. The van der Waals surface area contributed by atoms with Crippen LogP contribution in [0.2, 0.25) is 0 Å². The normalized spacial score (nSPS) is 14.9. The summed E-state index contributed by atoms with van der Waals surface area (Å²) in [5.41, 5.74) is 3.48. The SMILES string of the molecule is COc1ccc(N2CCN(C(=O)c3c(C)n[nH]c3C)CC2)cc1. The number of carbonyl (C=O) groups excluding carboxylic acids is 1. The Morgan fingerprint density at radius 1 is 1.13 bits per heavy atom. The number of benzene rings is 1. The highest BCUT2D eigenvalue weighted by molar-refractivity contribution is 5.96. The molecule has 0 aliphatic carbocycles. The van der Waals surface area contributed by atoms with Gasteiger partial charge in [0.15, 0.2) is 0 Å². The first-order chi connectivity index (χ1) is 11.1. The van der Waals surface area contributed by atoms with Crippen LogP contribution in [0.5, 0.6) is 5.75 Å². The number of ether oxygens (including phenoxy) is 1. The average molecular weight is 314 g/mol. The van der Waals surface area contributed by atoms with E-state index >= 15 is 0 Å². The number of carbonyl (C=O) groups is 1. The molecule has 1 aromatic heterocycles. The summed E-state index contributed by atoms with van der Waals surface area (Å²) in [6.07, 6.45) is 0. The van der Waals surface area contributed by atoms with E-state index in [9.17, 15) is 4.79 Å². The first-order valence-corrected chi connectivity index (χ1v) is 7.80. The number of aromatic nitrogens is 2. The van der Waals surface area contributed by atoms with Crippen LogP contribution in [0.1, 0.15) is 21.7 Å². The zero-order valence-corrected chi connectivity index (χ0v) is 13.8. The Balaban J connectivity index is 1.65. The summed E-state index contributed by atoms with van der Waals surface area (Å²) in [6, 6.07) is 8.04. The van der Waals surface area contributed by atoms with Gasteiger partial charge in [0.2, 0.25) is 0 Å². The molecular weight excluding hydrogens is 292 g/mol. The third kappa shape index (κ3) is 3.02. The van der Waals surface area contributed by atoms with Crippen LogP contribution in [0, 0.1) is 13.8 Å². The van der Waals surface area contributed by atoms with Gasteiger partial charge in [-0.1, -0.05) is 0 Å². The highest BCUT2D eigenvalue weighted by Crippen LogP contribution is 2.21. The lowest BCUT2D eigenvalue weighted by molar-refractivity contribution is 0.0745. The molecule has 6 heteroatoms. The molecule has 3 rings (SSSR count). The van der Waals surface area contributed by atoms with Crippen LogP contribution >= 0.6 is 0 Å². The number of hydrogen-bond acceptors (Lipinski definition) is 4. The number of aromatic amines is 1. The Kier molecular flexibility index (Phi) is 4.23. The van der Waals surface area contributed by atoms with Crippen molar-refractivity contribution in [3.8, 4) is 5.75 Å². The van der Waals surface area contributed by atoms with E-state index in [1.807, 2.05) is 30.9 Å². The van der Waals surface area contributed by atoms with Crippen LogP contribution in [-0.2, 0) is 0 Å². The van der Waals surface area contributed by atoms with Gasteiger partial charge >= 0.3 is 0 Å². The van der Waals surface area contributed by atoms with E-state index in [4.69, 9.17) is 4.74 Å². The van der Waals surface area contributed by atoms with E-state index in [1.54, 1.807) is 7.11 Å². The molecule has 1 N–H and O–H groups in total. The number of anilines is 1. The van der Waals surface area contributed by atoms with E-state index in [0.717, 1.165) is 49.0 Å². The molecule has 0 saturated carbocycles. The topological polar surface area (TPSA) is 61.5 Å². The molecule has 23 heavy (non-hydrogen) atoms. The van der Waals surface area contributed by atoms with Crippen LogP contribution in [0.15, 0.2) is 24.3 Å². The summed E-state index contributed by atoms with van der Waals surface area (Å²) in [7, 11) is 1.67. The van der Waals surface area contributed by atoms with E-state index in [0.29, 0.717) is 5.56 Å². The minimum Gasteiger partial charge on any atom is -0.497 e. The first-order valence-electron chi connectivity index (χ1n) is 7.80. The van der Waals surface area contributed by atoms with Crippen molar-refractivity contribution < 1.29 is 9.53 Å². The van der Waals surface area contributed by atoms with Crippen LogP contribution < -0.4 is 9.64 Å². The van der Waals surface area contributed by atoms with Crippen molar-refractivity contribution in [2.75, 3.05) is 38.2 Å². The van der Waals surface area contributed by atoms with Gasteiger partial charge < -0.3 is 14.5 Å². The summed E-state index contributed by atoms with van der Waals surface area (Å²) in [5.74, 6) is 0.927. The second-order valence-corrected chi connectivity index (χ2v) is 5.79. The van der Waals surface area contributed by atoms with E-state index in [-0.39, 0.29) is 5.91 Å². The predicted octanol–water partition coefficient (Wildman–Crippen LogP) is 2.00. The Morgan fingerprint density at radius 3 is 2.30 bits per heavy atom. The van der Waals surface area contributed by atoms with Crippen LogP contribution in [0.25, 0.3) is 0 Å². The van der Waals surface area contributed by atoms with Crippen LogP contribution in [-0.4, -0.2) is 54.3 Å². The van der Waals surface area contributed by atoms with Crippen molar-refractivity contribution >= 4 is 11.6 Å². The van der Waals surface area contributed by atoms with Crippen LogP contribution in [0.4, 0.5) is 5.69 Å². The lowest BCUT2D eigenvalue weighted by Gasteiger charge is -2.36. The van der Waals surface area contributed by atoms with Gasteiger partial charge in [-0.25, -0.2) is 0 Å². The smallest absolute Gasteiger partial charge is 0.257 e. The number of nitrogens with zero attached hydrogens (tertiary/aromatic N) is 3. The van der Waals surface area contributed by atoms with Gasteiger partial charge in [0, 0.05) is 37.6 Å². The molecule has 0 spiro atoms. The van der Waals surface area contributed by atoms with Gasteiger partial charge in [0.1, 0.15) is 5.75 Å². The summed E-state index contributed by atoms with van der Waals surface area (Å²) in [4.78, 5) is 16.9. The lowest BCUT2D eigenvalue weighted by atomic mass is 10.1. The number of aryl methyl sites for hydroxylation is 2. The highest BCUT2D eigenvalue weighted by atomic mass is 16.5. The number of methoxy groups -OCH3 is 1. The summed E-state index contributed by atoms with van der Waals surface area (Å²) < 4.78 is 5.19. The monoisotopic (exact) mass is 314 g/mol. The molecule has 1 aliphatic heterocycles. The molecule has 0 atom stereocenters. The van der Waals surface area contributed by atoms with Crippen LogP contribution in [0.3, 0.4) is 0 Å². The average Bonchev–Trinajstić information content (AvgIpc) is 2.93. The fourth-order valence-corrected chi connectivity index (χ4v) is 2.98. The summed E-state index contributed by atoms with van der Waals surface area (Å²) in [5, 5.41) is 7.00. The Morgan fingerprint density at radius 2 is 1.78 bits per heavy atom. The maximum atomic E-state index is 12.7. The number of hydrogen-bond donors (Lipinski definition) is 1. The second-order valence-electron chi connectivity index (χ2n) is 5.79. The maximum Gasteiger partial charge on any atom is 0.257 e. The molecule has 1 aliphatic rings. The minimum absolute atomic E-state index is 0.0723. The van der Waals surface area contributed by atoms with E-state index in [2.05, 4.69) is 27.2 Å². The first kappa shape index (κ1) is 15.4. The molecule has 1 saturated heterocycles. The van der Waals surface area contributed by atoms with Crippen molar-refractivity contribution in [2.45, 2.75) is 13.8 Å². The maximum absolute atomic E-state index is 12.7. The molecule has 1 amide bonds. The molecule has 2 aromatic rings. The van der Waals surface area contributed by atoms with Gasteiger partial charge in [-0.2, -0.15) is 5.10 Å². The van der Waals surface area contributed by atoms with Crippen molar-refractivity contribution in [1.29, 1.82) is 0 Å². The van der Waals surface area contributed by atoms with Gasteiger partial charge in [0.05, 0.1) is 18.4 Å². The molecule has 0 bridgehead atoms. The standard InChI is InChI=1S/C17H22N4O2/c1-12-16(13(2)19-18-12)17(22)21-10-8-20(9-11-21)14-4-6-15(23-3)7-5-14/h4-7H,8-11H2,1-3H3,(H,18,19). The van der Waals surface area contributed by atoms with Gasteiger partial charge in [-0.05, 0) is 38.1 Å². The van der Waals surface area contributed by atoms with Crippen molar-refractivity contribution in [3.05, 3.63) is 41.2 Å². The fourth-order valence-electron chi connectivity index (χ4n) is 2.98. The lowest BCUT2D eigenvalue weighted by Crippen LogP contribution is -2.49. The van der Waals surface area contributed by atoms with Crippen molar-refractivity contribution in [2.24, 2.45) is 0 Å². The number of H-pyrrole nitrogens is 1. The summed E-state index contributed by atoms with van der Waals surface area (Å²) in [6.45, 7) is 6.84. The minimum atomic E-state index is 0.0723. The fraction of sp³-hybridized carbons (Fsp3) is 0.412. The third-order valence-electron chi connectivity index (χ3n) is 4.35. The molecule has 1 aromatic carbocycles. The second kappa shape index (κ2) is 6.32. The molecule has 0 unspecified atom stereocenters. The third-order valence-corrected chi connectivity index (χ3v) is 4.35. The summed E-state index contributed by atoms with van der Waals surface area (Å²) >= 11 is 0. The predicted molar refractivity (Wildman–Crippen MR) is 89.2 cm³/mol. The molecule has 122 valence electrons. The quantitative estimate of drug-likeness (QED) is 0.941. The molecule has 6 nitrogen and oxygen atoms in total. The molecule has 0 radical (unpaired) electrons. The molecule has 2 heterocycles. The Bertz CT molecular complexity index is 666. The van der Waals surface area contributed by atoms with Crippen molar-refractivity contribution in [3.63, 3.8) is 0 Å². The van der Waals surface area contributed by atoms with Gasteiger partial charge in [0.25, 0.3) is 5.91 Å². The van der Waals surface area contributed by atoms with Gasteiger partial charge in [-0.3, -0.25) is 9.89 Å². The van der Waals surface area contributed by atoms with Crippen molar-refractivity contribution in [1.82, 2.24) is 15.1 Å². The van der Waals surface area contributed by atoms with Gasteiger partial charge in [-0.15, -0.1) is 0 Å². The van der Waals surface area contributed by atoms with E-state index in [1.165, 1.54) is 0 Å². The highest BCUT2D eigenvalue weighted by Gasteiger charge is 2.25. The molecule has 1 fully saturated rings. The van der Waals surface area contributed by atoms with E-state index < -0.39 is 0 Å². The number of piperazine rings is 1. The Hall–Kier alpha value is -2.50. The number of rotatable bonds is 3. The zero-order valence-electron chi connectivity index (χ0n) is 13.8. The molecular formula is C17H22N4O2. The number of nitrogens with one attached hydrogen (secondary N) is 1. The number of amides is 1. The largest absolute Gasteiger partial charge is 0.497 e. The Labute approximate surface area is 136 Å².